The van der Waals surface area contributed by atoms with Crippen LogP contribution in [0.25, 0.3) is 0 Å². The third-order valence-electron chi connectivity index (χ3n) is 4.22. The zero-order chi connectivity index (χ0) is 15.1. The van der Waals surface area contributed by atoms with Gasteiger partial charge in [0.05, 0.1) is 0 Å². The van der Waals surface area contributed by atoms with Crippen molar-refractivity contribution in [3.8, 4) is 0 Å². The van der Waals surface area contributed by atoms with Crippen LogP contribution in [-0.2, 0) is 17.8 Å². The van der Waals surface area contributed by atoms with Gasteiger partial charge < -0.3 is 10.1 Å². The van der Waals surface area contributed by atoms with Gasteiger partial charge in [0.1, 0.15) is 0 Å². The largest absolute Gasteiger partial charge is 0.381 e. The lowest BCUT2D eigenvalue weighted by molar-refractivity contribution is 0.0406. The summed E-state index contributed by atoms with van der Waals surface area (Å²) in [6.45, 7) is 9.39. The molecule has 21 heavy (non-hydrogen) atoms. The molecule has 0 bridgehead atoms. The molecule has 0 amide bonds. The molecule has 0 atom stereocenters. The van der Waals surface area contributed by atoms with E-state index in [-0.39, 0.29) is 0 Å². The molecular weight excluding hydrogens is 260 g/mol. The number of nitrogens with zero attached hydrogens (tertiary/aromatic N) is 1. The molecule has 1 aliphatic rings. The average molecular weight is 290 g/mol. The molecule has 0 aliphatic carbocycles. The van der Waals surface area contributed by atoms with Crippen molar-refractivity contribution in [2.24, 2.45) is 5.92 Å². The summed E-state index contributed by atoms with van der Waals surface area (Å²) in [5.74, 6) is 0.696. The first-order valence-corrected chi connectivity index (χ1v) is 8.22. The molecule has 3 nitrogen and oxygen atoms in total. The van der Waals surface area contributed by atoms with Gasteiger partial charge in [-0.15, -0.1) is 0 Å². The van der Waals surface area contributed by atoms with Crippen molar-refractivity contribution in [3.63, 3.8) is 0 Å². The van der Waals surface area contributed by atoms with Crippen LogP contribution in [0, 0.1) is 5.92 Å². The summed E-state index contributed by atoms with van der Waals surface area (Å²) in [4.78, 5) is 2.49. The molecule has 1 fully saturated rings. The Morgan fingerprint density at radius 3 is 2.52 bits per heavy atom. The van der Waals surface area contributed by atoms with E-state index in [1.807, 2.05) is 0 Å². The summed E-state index contributed by atoms with van der Waals surface area (Å²) >= 11 is 0. The topological polar surface area (TPSA) is 24.5 Å². The van der Waals surface area contributed by atoms with E-state index in [9.17, 15) is 0 Å². The molecule has 0 spiro atoms. The molecule has 1 aliphatic heterocycles. The Labute approximate surface area is 129 Å². The Morgan fingerprint density at radius 2 is 1.86 bits per heavy atom. The van der Waals surface area contributed by atoms with Gasteiger partial charge in [0.15, 0.2) is 0 Å². The molecular formula is C18H30N2O. The maximum absolute atomic E-state index is 5.46. The first kappa shape index (κ1) is 16.5. The van der Waals surface area contributed by atoms with Crippen LogP contribution in [0.15, 0.2) is 24.3 Å². The van der Waals surface area contributed by atoms with E-state index in [4.69, 9.17) is 4.74 Å². The number of hydrogen-bond acceptors (Lipinski definition) is 3. The van der Waals surface area contributed by atoms with Crippen LogP contribution >= 0.6 is 0 Å². The average Bonchev–Trinajstić information content (AvgIpc) is 2.49. The minimum Gasteiger partial charge on any atom is -0.381 e. The SMILES string of the molecule is CC(C)CNCc1ccccc1CN(C)C1CCOCC1. The minimum absolute atomic E-state index is 0.662. The Balaban J connectivity index is 1.92. The van der Waals surface area contributed by atoms with Crippen molar-refractivity contribution in [2.75, 3.05) is 26.8 Å². The molecule has 0 saturated carbocycles. The van der Waals surface area contributed by atoms with Crippen molar-refractivity contribution < 1.29 is 4.74 Å². The van der Waals surface area contributed by atoms with Gasteiger partial charge in [-0.2, -0.15) is 0 Å². The molecule has 0 aromatic heterocycles. The Morgan fingerprint density at radius 1 is 1.19 bits per heavy atom. The molecule has 1 N–H and O–H groups in total. The molecule has 0 unspecified atom stereocenters. The molecule has 118 valence electrons. The molecule has 2 rings (SSSR count). The van der Waals surface area contributed by atoms with Crippen LogP contribution in [0.1, 0.15) is 37.8 Å². The van der Waals surface area contributed by atoms with Gasteiger partial charge in [0, 0.05) is 32.3 Å². The fourth-order valence-electron chi connectivity index (χ4n) is 2.90. The quantitative estimate of drug-likeness (QED) is 0.835. The molecule has 1 aromatic carbocycles. The minimum atomic E-state index is 0.662. The van der Waals surface area contributed by atoms with Crippen LogP contribution in [-0.4, -0.2) is 37.7 Å². The lowest BCUT2D eigenvalue weighted by Gasteiger charge is -2.31. The van der Waals surface area contributed by atoms with Crippen molar-refractivity contribution in [1.82, 2.24) is 10.2 Å². The molecule has 1 heterocycles. The van der Waals surface area contributed by atoms with Crippen LogP contribution in [0.5, 0.6) is 0 Å². The molecule has 3 heteroatoms. The maximum Gasteiger partial charge on any atom is 0.0480 e. The smallest absolute Gasteiger partial charge is 0.0480 e. The summed E-state index contributed by atoms with van der Waals surface area (Å²) in [5, 5.41) is 3.56. The number of hydrogen-bond donors (Lipinski definition) is 1. The van der Waals surface area contributed by atoms with Crippen molar-refractivity contribution in [1.29, 1.82) is 0 Å². The second-order valence-corrected chi connectivity index (χ2v) is 6.55. The van der Waals surface area contributed by atoms with Crippen molar-refractivity contribution in [3.05, 3.63) is 35.4 Å². The van der Waals surface area contributed by atoms with E-state index in [0.717, 1.165) is 45.7 Å². The van der Waals surface area contributed by atoms with Crippen LogP contribution < -0.4 is 5.32 Å². The molecule has 1 saturated heterocycles. The van der Waals surface area contributed by atoms with Gasteiger partial charge in [-0.1, -0.05) is 38.1 Å². The van der Waals surface area contributed by atoms with E-state index in [1.165, 1.54) is 11.1 Å². The van der Waals surface area contributed by atoms with E-state index in [0.29, 0.717) is 12.0 Å². The highest BCUT2D eigenvalue weighted by Gasteiger charge is 2.19. The van der Waals surface area contributed by atoms with E-state index in [2.05, 4.69) is 55.4 Å². The highest BCUT2D eigenvalue weighted by molar-refractivity contribution is 5.27. The van der Waals surface area contributed by atoms with Crippen LogP contribution in [0.4, 0.5) is 0 Å². The lowest BCUT2D eigenvalue weighted by atomic mass is 10.0. The van der Waals surface area contributed by atoms with Gasteiger partial charge in [-0.05, 0) is 43.5 Å². The number of ether oxygens (including phenoxy) is 1. The monoisotopic (exact) mass is 290 g/mol. The maximum atomic E-state index is 5.46. The fourth-order valence-corrected chi connectivity index (χ4v) is 2.90. The Hall–Kier alpha value is -0.900. The Kier molecular flexibility index (Phi) is 6.68. The standard InChI is InChI=1S/C18H30N2O/c1-15(2)12-19-13-16-6-4-5-7-17(16)14-20(3)18-8-10-21-11-9-18/h4-7,15,18-19H,8-14H2,1-3H3. The van der Waals surface area contributed by atoms with Crippen LogP contribution in [0.2, 0.25) is 0 Å². The zero-order valence-corrected chi connectivity index (χ0v) is 13.8. The van der Waals surface area contributed by atoms with Gasteiger partial charge in [-0.3, -0.25) is 4.90 Å². The lowest BCUT2D eigenvalue weighted by Crippen LogP contribution is -2.36. The zero-order valence-electron chi connectivity index (χ0n) is 13.8. The predicted octanol–water partition coefficient (Wildman–Crippen LogP) is 3.04. The summed E-state index contributed by atoms with van der Waals surface area (Å²) in [6.07, 6.45) is 2.31. The van der Waals surface area contributed by atoms with Crippen molar-refractivity contribution >= 4 is 0 Å². The summed E-state index contributed by atoms with van der Waals surface area (Å²) in [6, 6.07) is 9.47. The first-order chi connectivity index (χ1) is 10.2. The van der Waals surface area contributed by atoms with Crippen LogP contribution in [0.3, 0.4) is 0 Å². The normalized spacial score (nSPS) is 16.8. The highest BCUT2D eigenvalue weighted by atomic mass is 16.5. The number of benzene rings is 1. The van der Waals surface area contributed by atoms with E-state index in [1.54, 1.807) is 0 Å². The van der Waals surface area contributed by atoms with E-state index >= 15 is 0 Å². The summed E-state index contributed by atoms with van der Waals surface area (Å²) in [5.41, 5.74) is 2.87. The fraction of sp³-hybridized carbons (Fsp3) is 0.667. The number of nitrogens with one attached hydrogen (secondary N) is 1. The number of rotatable bonds is 7. The second-order valence-electron chi connectivity index (χ2n) is 6.55. The van der Waals surface area contributed by atoms with Gasteiger partial charge >= 0.3 is 0 Å². The molecule has 1 aromatic rings. The predicted molar refractivity (Wildman–Crippen MR) is 88.3 cm³/mol. The second kappa shape index (κ2) is 8.52. The van der Waals surface area contributed by atoms with Crippen molar-refractivity contribution in [2.45, 2.75) is 45.8 Å². The Bertz CT molecular complexity index is 413. The highest BCUT2D eigenvalue weighted by Crippen LogP contribution is 2.17. The first-order valence-electron chi connectivity index (χ1n) is 8.22. The third kappa shape index (κ3) is 5.42. The van der Waals surface area contributed by atoms with Gasteiger partial charge in [-0.25, -0.2) is 0 Å². The van der Waals surface area contributed by atoms with E-state index < -0.39 is 0 Å². The van der Waals surface area contributed by atoms with Gasteiger partial charge in [0.25, 0.3) is 0 Å². The summed E-state index contributed by atoms with van der Waals surface area (Å²) < 4.78 is 5.46. The summed E-state index contributed by atoms with van der Waals surface area (Å²) in [7, 11) is 2.24. The molecule has 0 radical (unpaired) electrons. The third-order valence-corrected chi connectivity index (χ3v) is 4.22. The van der Waals surface area contributed by atoms with Gasteiger partial charge in [0.2, 0.25) is 0 Å².